The topological polar surface area (TPSA) is 20.2 Å². The van der Waals surface area contributed by atoms with Gasteiger partial charge in [0.05, 0.1) is 6.10 Å². The number of hydrogen-bond acceptors (Lipinski definition) is 1. The normalized spacial score (nSPS) is 15.1. The largest absolute Gasteiger partial charge is 0.388 e. The summed E-state index contributed by atoms with van der Waals surface area (Å²) >= 11 is 6.72. The summed E-state index contributed by atoms with van der Waals surface area (Å²) in [6.45, 7) is 0. The Hall–Kier alpha value is 0.0700. The minimum atomic E-state index is -0.544. The molecule has 0 aliphatic carbocycles. The number of hydrogen-bond donors (Lipinski definition) is 1. The Kier molecular flexibility index (Phi) is 5.06. The molecule has 0 aromatic heterocycles. The minimum Gasteiger partial charge on any atom is -0.388 e. The third-order valence-electron chi connectivity index (χ3n) is 1.90. The second kappa shape index (κ2) is 5.83. The fourth-order valence-corrected chi connectivity index (χ4v) is 1.74. The van der Waals surface area contributed by atoms with Gasteiger partial charge in [-0.15, -0.1) is 0 Å². The van der Waals surface area contributed by atoms with Crippen molar-refractivity contribution in [3.63, 3.8) is 0 Å². The van der Waals surface area contributed by atoms with Crippen LogP contribution in [0, 0.1) is 5.82 Å². The van der Waals surface area contributed by atoms with E-state index in [4.69, 9.17) is 0 Å². The van der Waals surface area contributed by atoms with Crippen molar-refractivity contribution in [3.8, 4) is 0 Å². The van der Waals surface area contributed by atoms with E-state index >= 15 is 0 Å². The lowest BCUT2D eigenvalue weighted by atomic mass is 10.1. The van der Waals surface area contributed by atoms with Crippen molar-refractivity contribution in [2.45, 2.75) is 17.4 Å². The van der Waals surface area contributed by atoms with E-state index in [2.05, 4.69) is 31.9 Å². The van der Waals surface area contributed by atoms with Crippen LogP contribution in [0.1, 0.15) is 18.1 Å². The standard InChI is InChI=1S/C10H11Br2FO/c11-6-8(12)5-10(14)7-1-3-9(13)4-2-7/h1-4,8,10,14H,5-6H2. The number of aliphatic hydroxyl groups excluding tert-OH is 1. The van der Waals surface area contributed by atoms with Gasteiger partial charge >= 0.3 is 0 Å². The van der Waals surface area contributed by atoms with Crippen LogP contribution in [0.2, 0.25) is 0 Å². The van der Waals surface area contributed by atoms with Gasteiger partial charge in [-0.25, -0.2) is 4.39 Å². The molecule has 0 fully saturated rings. The average molecular weight is 326 g/mol. The molecule has 0 amide bonds. The molecule has 1 nitrogen and oxygen atoms in total. The fourth-order valence-electron chi connectivity index (χ4n) is 1.13. The molecule has 0 bridgehead atoms. The SMILES string of the molecule is OC(CC(Br)CBr)c1ccc(F)cc1. The van der Waals surface area contributed by atoms with Gasteiger partial charge in [0.1, 0.15) is 5.82 Å². The van der Waals surface area contributed by atoms with Gasteiger partial charge in [-0.3, -0.25) is 0 Å². The van der Waals surface area contributed by atoms with Crippen LogP contribution >= 0.6 is 31.9 Å². The minimum absolute atomic E-state index is 0.225. The molecular weight excluding hydrogens is 315 g/mol. The molecule has 0 heterocycles. The summed E-state index contributed by atoms with van der Waals surface area (Å²) in [6.07, 6.45) is 0.0641. The second-order valence-corrected chi connectivity index (χ2v) is 5.00. The molecule has 0 spiro atoms. The highest BCUT2D eigenvalue weighted by molar-refractivity contribution is 9.12. The zero-order valence-electron chi connectivity index (χ0n) is 7.46. The van der Waals surface area contributed by atoms with Gasteiger partial charge in [0.15, 0.2) is 0 Å². The van der Waals surface area contributed by atoms with E-state index in [9.17, 15) is 9.50 Å². The number of rotatable bonds is 4. The van der Waals surface area contributed by atoms with Gasteiger partial charge in [-0.1, -0.05) is 44.0 Å². The molecule has 1 aromatic carbocycles. The van der Waals surface area contributed by atoms with E-state index in [1.54, 1.807) is 12.1 Å². The maximum atomic E-state index is 12.6. The highest BCUT2D eigenvalue weighted by atomic mass is 79.9. The Morgan fingerprint density at radius 2 is 1.86 bits per heavy atom. The van der Waals surface area contributed by atoms with E-state index < -0.39 is 6.10 Å². The van der Waals surface area contributed by atoms with Crippen molar-refractivity contribution in [3.05, 3.63) is 35.6 Å². The van der Waals surface area contributed by atoms with Crippen LogP contribution < -0.4 is 0 Å². The van der Waals surface area contributed by atoms with Crippen molar-refractivity contribution in [1.82, 2.24) is 0 Å². The van der Waals surface area contributed by atoms with Crippen molar-refractivity contribution in [1.29, 1.82) is 0 Å². The number of aliphatic hydroxyl groups is 1. The lowest BCUT2D eigenvalue weighted by molar-refractivity contribution is 0.169. The van der Waals surface area contributed by atoms with E-state index in [-0.39, 0.29) is 10.6 Å². The smallest absolute Gasteiger partial charge is 0.123 e. The molecule has 2 unspecified atom stereocenters. The van der Waals surface area contributed by atoms with Gasteiger partial charge in [-0.05, 0) is 24.1 Å². The van der Waals surface area contributed by atoms with Gasteiger partial charge in [0.25, 0.3) is 0 Å². The zero-order valence-corrected chi connectivity index (χ0v) is 10.6. The molecule has 0 saturated carbocycles. The molecule has 1 N–H and O–H groups in total. The third kappa shape index (κ3) is 3.67. The fraction of sp³-hybridized carbons (Fsp3) is 0.400. The molecule has 1 aromatic rings. The van der Waals surface area contributed by atoms with Crippen LogP contribution in [0.5, 0.6) is 0 Å². The monoisotopic (exact) mass is 324 g/mol. The molecule has 4 heteroatoms. The first-order chi connectivity index (χ1) is 6.63. The van der Waals surface area contributed by atoms with Gasteiger partial charge in [0.2, 0.25) is 0 Å². The van der Waals surface area contributed by atoms with Crippen molar-refractivity contribution >= 4 is 31.9 Å². The predicted molar refractivity (Wildman–Crippen MR) is 62.5 cm³/mol. The highest BCUT2D eigenvalue weighted by Gasteiger charge is 2.12. The van der Waals surface area contributed by atoms with Crippen molar-refractivity contribution in [2.24, 2.45) is 0 Å². The summed E-state index contributed by atoms with van der Waals surface area (Å²) < 4.78 is 12.6. The molecule has 0 aliphatic rings. The maximum absolute atomic E-state index is 12.6. The quantitative estimate of drug-likeness (QED) is 0.841. The Labute approximate surface area is 99.6 Å². The first-order valence-electron chi connectivity index (χ1n) is 4.27. The Morgan fingerprint density at radius 1 is 1.29 bits per heavy atom. The molecule has 78 valence electrons. The van der Waals surface area contributed by atoms with Crippen LogP contribution in [0.15, 0.2) is 24.3 Å². The zero-order chi connectivity index (χ0) is 10.6. The molecule has 14 heavy (non-hydrogen) atoms. The molecule has 0 radical (unpaired) electrons. The molecule has 0 aliphatic heterocycles. The Balaban J connectivity index is 2.60. The summed E-state index contributed by atoms with van der Waals surface area (Å²) in [7, 11) is 0. The van der Waals surface area contributed by atoms with Crippen molar-refractivity contribution < 1.29 is 9.50 Å². The molecular formula is C10H11Br2FO. The second-order valence-electron chi connectivity index (χ2n) is 3.05. The summed E-state index contributed by atoms with van der Waals surface area (Å²) in [6, 6.07) is 5.92. The first kappa shape index (κ1) is 12.1. The number of halogens is 3. The summed E-state index contributed by atoms with van der Waals surface area (Å²) in [5.74, 6) is -0.281. The van der Waals surface area contributed by atoms with Crippen molar-refractivity contribution in [2.75, 3.05) is 5.33 Å². The molecule has 0 saturated heterocycles. The Morgan fingerprint density at radius 3 is 2.36 bits per heavy atom. The maximum Gasteiger partial charge on any atom is 0.123 e. The van der Waals surface area contributed by atoms with Gasteiger partial charge in [0, 0.05) is 10.2 Å². The summed E-state index contributed by atoms with van der Waals surface area (Å²) in [4.78, 5) is 0.225. The first-order valence-corrected chi connectivity index (χ1v) is 6.30. The predicted octanol–water partition coefficient (Wildman–Crippen LogP) is 3.41. The van der Waals surface area contributed by atoms with Gasteiger partial charge in [-0.2, -0.15) is 0 Å². The summed E-state index contributed by atoms with van der Waals surface area (Å²) in [5, 5.41) is 10.5. The Bertz CT molecular complexity index is 276. The lowest BCUT2D eigenvalue weighted by Gasteiger charge is -2.13. The lowest BCUT2D eigenvalue weighted by Crippen LogP contribution is -2.07. The van der Waals surface area contributed by atoms with Gasteiger partial charge < -0.3 is 5.11 Å². The summed E-state index contributed by atoms with van der Waals surface area (Å²) in [5.41, 5.74) is 0.747. The number of benzene rings is 1. The third-order valence-corrected chi connectivity index (χ3v) is 4.25. The van der Waals surface area contributed by atoms with E-state index in [0.717, 1.165) is 10.9 Å². The van der Waals surface area contributed by atoms with Crippen LogP contribution in [0.25, 0.3) is 0 Å². The highest BCUT2D eigenvalue weighted by Crippen LogP contribution is 2.22. The van der Waals surface area contributed by atoms with E-state index in [0.29, 0.717) is 6.42 Å². The average Bonchev–Trinajstić information content (AvgIpc) is 2.18. The molecule has 2 atom stereocenters. The number of alkyl halides is 2. The van der Waals surface area contributed by atoms with E-state index in [1.807, 2.05) is 0 Å². The van der Waals surface area contributed by atoms with Crippen LogP contribution in [-0.4, -0.2) is 15.3 Å². The molecule has 1 rings (SSSR count). The van der Waals surface area contributed by atoms with E-state index in [1.165, 1.54) is 12.1 Å². The van der Waals surface area contributed by atoms with Crippen LogP contribution in [0.3, 0.4) is 0 Å². The van der Waals surface area contributed by atoms with Crippen LogP contribution in [0.4, 0.5) is 4.39 Å². The van der Waals surface area contributed by atoms with Crippen LogP contribution in [-0.2, 0) is 0 Å².